The summed E-state index contributed by atoms with van der Waals surface area (Å²) >= 11 is 17.1. The number of aromatic nitrogens is 2. The van der Waals surface area contributed by atoms with Crippen molar-refractivity contribution in [3.8, 4) is 11.8 Å². The quantitative estimate of drug-likeness (QED) is 0.634. The van der Waals surface area contributed by atoms with E-state index in [0.717, 1.165) is 0 Å². The molecule has 0 aliphatic rings. The van der Waals surface area contributed by atoms with Crippen LogP contribution in [0.5, 0.6) is 0 Å². The molecule has 0 amide bonds. The molecular weight excluding hydrogens is 332 g/mol. The van der Waals surface area contributed by atoms with Gasteiger partial charge in [-0.25, -0.2) is 4.39 Å². The molecule has 0 saturated carbocycles. The van der Waals surface area contributed by atoms with Crippen LogP contribution >= 0.6 is 35.4 Å². The van der Waals surface area contributed by atoms with Crippen LogP contribution in [0.2, 0.25) is 10.0 Å². The summed E-state index contributed by atoms with van der Waals surface area (Å²) < 4.78 is 15.5. The van der Waals surface area contributed by atoms with Crippen LogP contribution in [0.1, 0.15) is 5.56 Å². The molecule has 1 N–H and O–H groups in total. The lowest BCUT2D eigenvalue weighted by atomic mass is 10.2. The molecule has 7 heteroatoms. The van der Waals surface area contributed by atoms with Crippen molar-refractivity contribution in [2.24, 2.45) is 0 Å². The summed E-state index contributed by atoms with van der Waals surface area (Å²) in [4.78, 5) is 2.89. The average Bonchev–Trinajstić information content (AvgIpc) is 2.74. The molecule has 0 aliphatic heterocycles. The highest BCUT2D eigenvalue weighted by molar-refractivity contribution is 7.71. The third kappa shape index (κ3) is 2.32. The van der Waals surface area contributed by atoms with E-state index in [1.54, 1.807) is 22.8 Å². The maximum Gasteiger partial charge on any atom is 0.182 e. The van der Waals surface area contributed by atoms with Crippen LogP contribution in [0.4, 0.5) is 4.39 Å². The molecule has 0 bridgehead atoms. The van der Waals surface area contributed by atoms with E-state index in [4.69, 9.17) is 35.4 Å². The number of H-pyrrole nitrogens is 1. The Morgan fingerprint density at radius 1 is 1.24 bits per heavy atom. The Kier molecular flexibility index (Phi) is 3.46. The topological polar surface area (TPSA) is 44.5 Å². The minimum absolute atomic E-state index is 0.0224. The van der Waals surface area contributed by atoms with Crippen molar-refractivity contribution in [2.75, 3.05) is 0 Å². The summed E-state index contributed by atoms with van der Waals surface area (Å²) in [5.74, 6) is -0.542. The lowest BCUT2D eigenvalue weighted by Crippen LogP contribution is -1.98. The molecule has 0 atom stereocenters. The lowest BCUT2D eigenvalue weighted by Gasteiger charge is -2.07. The highest BCUT2D eigenvalue weighted by Gasteiger charge is 2.13. The van der Waals surface area contributed by atoms with Gasteiger partial charge in [-0.2, -0.15) is 5.26 Å². The highest BCUT2D eigenvalue weighted by atomic mass is 35.5. The third-order valence-corrected chi connectivity index (χ3v) is 3.85. The van der Waals surface area contributed by atoms with Crippen molar-refractivity contribution in [3.05, 3.63) is 56.5 Å². The largest absolute Gasteiger partial charge is 0.330 e. The van der Waals surface area contributed by atoms with E-state index < -0.39 is 5.82 Å². The van der Waals surface area contributed by atoms with Gasteiger partial charge in [-0.1, -0.05) is 23.2 Å². The number of fused-ring (bicyclic) bond motifs is 1. The fourth-order valence-electron chi connectivity index (χ4n) is 2.13. The molecule has 0 unspecified atom stereocenters. The van der Waals surface area contributed by atoms with Crippen molar-refractivity contribution in [2.45, 2.75) is 0 Å². The Morgan fingerprint density at radius 3 is 2.71 bits per heavy atom. The van der Waals surface area contributed by atoms with Gasteiger partial charge in [0.05, 0.1) is 27.3 Å². The predicted molar refractivity (Wildman–Crippen MR) is 83.2 cm³/mol. The number of nitrogens with one attached hydrogen (secondary N) is 1. The second kappa shape index (κ2) is 5.15. The molecule has 3 nitrogen and oxygen atoms in total. The van der Waals surface area contributed by atoms with E-state index >= 15 is 0 Å². The van der Waals surface area contributed by atoms with E-state index in [2.05, 4.69) is 11.1 Å². The van der Waals surface area contributed by atoms with E-state index in [9.17, 15) is 9.65 Å². The van der Waals surface area contributed by atoms with E-state index in [-0.39, 0.29) is 5.02 Å². The fourth-order valence-corrected chi connectivity index (χ4v) is 2.76. The Morgan fingerprint density at radius 2 is 2.00 bits per heavy atom. The van der Waals surface area contributed by atoms with Gasteiger partial charge in [0.1, 0.15) is 11.9 Å². The molecule has 0 fully saturated rings. The van der Waals surface area contributed by atoms with E-state index in [1.807, 2.05) is 0 Å². The Balaban J connectivity index is 2.44. The molecule has 1 aromatic heterocycles. The van der Waals surface area contributed by atoms with Crippen LogP contribution in [0.3, 0.4) is 0 Å². The van der Waals surface area contributed by atoms with Gasteiger partial charge in [0.2, 0.25) is 0 Å². The fraction of sp³-hybridized carbons (Fsp3) is 0. The third-order valence-electron chi connectivity index (χ3n) is 3.05. The van der Waals surface area contributed by atoms with Crippen LogP contribution in [0.15, 0.2) is 30.3 Å². The average molecular weight is 338 g/mol. The maximum absolute atomic E-state index is 13.5. The highest BCUT2D eigenvalue weighted by Crippen LogP contribution is 2.28. The summed E-state index contributed by atoms with van der Waals surface area (Å²) in [6, 6.07) is 9.65. The van der Waals surface area contributed by atoms with Crippen LogP contribution in [-0.2, 0) is 0 Å². The number of hydrogen-bond donors (Lipinski definition) is 1. The van der Waals surface area contributed by atoms with Crippen LogP contribution < -0.4 is 0 Å². The number of hydrogen-bond acceptors (Lipinski definition) is 2. The van der Waals surface area contributed by atoms with E-state index in [1.165, 1.54) is 12.1 Å². The van der Waals surface area contributed by atoms with Crippen molar-refractivity contribution < 1.29 is 4.39 Å². The molecule has 0 spiro atoms. The lowest BCUT2D eigenvalue weighted by molar-refractivity contribution is 0.630. The first kappa shape index (κ1) is 14.1. The zero-order chi connectivity index (χ0) is 15.1. The van der Waals surface area contributed by atoms with Gasteiger partial charge in [0, 0.05) is 11.1 Å². The second-order valence-electron chi connectivity index (χ2n) is 4.32. The summed E-state index contributed by atoms with van der Waals surface area (Å²) in [7, 11) is 0. The van der Waals surface area contributed by atoms with Crippen LogP contribution in [-0.4, -0.2) is 9.55 Å². The molecule has 0 radical (unpaired) electrons. The molecule has 21 heavy (non-hydrogen) atoms. The summed E-state index contributed by atoms with van der Waals surface area (Å²) in [6.07, 6.45) is 0. The molecule has 3 aromatic rings. The molecule has 1 heterocycles. The van der Waals surface area contributed by atoms with Crippen molar-refractivity contribution in [1.82, 2.24) is 9.55 Å². The molecule has 0 aliphatic carbocycles. The zero-order valence-electron chi connectivity index (χ0n) is 10.3. The van der Waals surface area contributed by atoms with Crippen molar-refractivity contribution in [1.29, 1.82) is 5.26 Å². The van der Waals surface area contributed by atoms with Gasteiger partial charge in [-0.3, -0.25) is 4.57 Å². The van der Waals surface area contributed by atoms with Crippen LogP contribution in [0, 0.1) is 21.9 Å². The summed E-state index contributed by atoms with van der Waals surface area (Å²) in [5, 5.41) is 9.68. The van der Waals surface area contributed by atoms with Crippen molar-refractivity contribution >= 4 is 46.5 Å². The summed E-state index contributed by atoms with van der Waals surface area (Å²) in [5.41, 5.74) is 1.98. The number of benzene rings is 2. The number of imidazole rings is 1. The number of nitriles is 1. The first-order valence-electron chi connectivity index (χ1n) is 5.81. The number of halogens is 3. The van der Waals surface area contributed by atoms with Gasteiger partial charge in [-0.05, 0) is 36.5 Å². The zero-order valence-corrected chi connectivity index (χ0v) is 12.7. The first-order chi connectivity index (χ1) is 10.0. The van der Waals surface area contributed by atoms with Gasteiger partial charge >= 0.3 is 0 Å². The smallest absolute Gasteiger partial charge is 0.182 e. The van der Waals surface area contributed by atoms with Crippen LogP contribution in [0.25, 0.3) is 16.7 Å². The molecular formula is C14H6Cl2FN3S. The van der Waals surface area contributed by atoms with Crippen molar-refractivity contribution in [3.63, 3.8) is 0 Å². The monoisotopic (exact) mass is 337 g/mol. The number of aromatic amines is 1. The minimum atomic E-state index is -0.542. The SMILES string of the molecule is N#Cc1ccc(Cl)cc1-n1c(=S)[nH]c2cc(F)c(Cl)cc21. The normalized spacial score (nSPS) is 10.8. The van der Waals surface area contributed by atoms with Gasteiger partial charge in [0.25, 0.3) is 0 Å². The Hall–Kier alpha value is -1.87. The Bertz CT molecular complexity index is 969. The maximum atomic E-state index is 13.5. The Labute approximate surface area is 134 Å². The molecule has 2 aromatic carbocycles. The van der Waals surface area contributed by atoms with E-state index in [0.29, 0.717) is 32.1 Å². The van der Waals surface area contributed by atoms with Gasteiger partial charge < -0.3 is 4.98 Å². The number of nitrogens with zero attached hydrogens (tertiary/aromatic N) is 2. The predicted octanol–water partition coefficient (Wildman–Crippen LogP) is 5.01. The standard InChI is InChI=1S/C14H6Cl2FN3S/c15-8-2-1-7(6-18)12(3-8)20-13-4-9(16)10(17)5-11(13)19-14(20)21/h1-5H,(H,19,21). The summed E-state index contributed by atoms with van der Waals surface area (Å²) in [6.45, 7) is 0. The molecule has 104 valence electrons. The minimum Gasteiger partial charge on any atom is -0.330 e. The number of rotatable bonds is 1. The van der Waals surface area contributed by atoms with Gasteiger partial charge in [-0.15, -0.1) is 0 Å². The van der Waals surface area contributed by atoms with Gasteiger partial charge in [0.15, 0.2) is 4.77 Å². The molecule has 0 saturated heterocycles. The first-order valence-corrected chi connectivity index (χ1v) is 6.97. The molecule has 3 rings (SSSR count). The second-order valence-corrected chi connectivity index (χ2v) is 5.55.